The third-order valence-corrected chi connectivity index (χ3v) is 9.80. The van der Waals surface area contributed by atoms with Gasteiger partial charge in [0.05, 0.1) is 5.70 Å². The first-order chi connectivity index (χ1) is 21.0. The molecule has 43 heavy (non-hydrogen) atoms. The van der Waals surface area contributed by atoms with E-state index in [1.165, 1.54) is 44.5 Å². The number of nitrogens with zero attached hydrogens (tertiary/aromatic N) is 3. The van der Waals surface area contributed by atoms with Crippen molar-refractivity contribution in [3.63, 3.8) is 0 Å². The lowest BCUT2D eigenvalue weighted by Gasteiger charge is -2.23. The maximum absolute atomic E-state index is 4.79. The van der Waals surface area contributed by atoms with Gasteiger partial charge in [0, 0.05) is 34.5 Å². The van der Waals surface area contributed by atoms with Crippen LogP contribution in [-0.4, -0.2) is 15.1 Å². The number of allylic oxidation sites excluding steroid dienone is 2. The van der Waals surface area contributed by atoms with Crippen LogP contribution in [0.5, 0.6) is 0 Å². The molecular weight excluding hydrogens is 543 g/mol. The van der Waals surface area contributed by atoms with Gasteiger partial charge in [-0.15, -0.1) is 0 Å². The first-order valence-electron chi connectivity index (χ1n) is 14.5. The van der Waals surface area contributed by atoms with Crippen molar-refractivity contribution in [1.82, 2.24) is 9.29 Å². The van der Waals surface area contributed by atoms with E-state index in [9.17, 15) is 0 Å². The van der Waals surface area contributed by atoms with Crippen LogP contribution in [0.4, 0.5) is 0 Å². The monoisotopic (exact) mass is 571 g/mol. The molecule has 5 aromatic rings. The van der Waals surface area contributed by atoms with Crippen LogP contribution in [0.25, 0.3) is 44.7 Å². The lowest BCUT2D eigenvalue weighted by Crippen LogP contribution is -2.18. The summed E-state index contributed by atoms with van der Waals surface area (Å²) in [4.78, 5) is 10.3. The largest absolute Gasteiger partial charge is 0.271 e. The van der Waals surface area contributed by atoms with Crippen molar-refractivity contribution in [3.05, 3.63) is 157 Å². The van der Waals surface area contributed by atoms with Crippen molar-refractivity contribution in [3.8, 4) is 33.4 Å². The molecule has 206 valence electrons. The fourth-order valence-corrected chi connectivity index (χ4v) is 7.38. The van der Waals surface area contributed by atoms with E-state index in [1.807, 2.05) is 24.5 Å². The molecule has 4 heteroatoms. The molecule has 0 atom stereocenters. The smallest absolute Gasteiger partial charge is 0.143 e. The van der Waals surface area contributed by atoms with Gasteiger partial charge in [-0.25, -0.2) is 4.99 Å². The molecule has 0 fully saturated rings. The summed E-state index contributed by atoms with van der Waals surface area (Å²) in [6.45, 7) is 8.87. The molecule has 1 aliphatic carbocycles. The number of hydrogen-bond donors (Lipinski definition) is 0. The summed E-state index contributed by atoms with van der Waals surface area (Å²) in [7, 11) is 0. The molecule has 3 heterocycles. The summed E-state index contributed by atoms with van der Waals surface area (Å²) in [5, 5.41) is 0. The molecular formula is C39H29N3S. The van der Waals surface area contributed by atoms with Crippen LogP contribution in [0.1, 0.15) is 36.1 Å². The topological polar surface area (TPSA) is 28.5 Å². The maximum atomic E-state index is 4.79. The van der Waals surface area contributed by atoms with E-state index in [4.69, 9.17) is 4.99 Å². The minimum atomic E-state index is -0.0927. The zero-order valence-electron chi connectivity index (χ0n) is 24.1. The minimum Gasteiger partial charge on any atom is -0.271 e. The quantitative estimate of drug-likeness (QED) is 0.202. The van der Waals surface area contributed by atoms with Gasteiger partial charge >= 0.3 is 0 Å². The number of aliphatic imine (C=N–C) groups is 1. The van der Waals surface area contributed by atoms with Crippen LogP contribution in [-0.2, 0) is 5.41 Å². The number of rotatable bonds is 3. The third kappa shape index (κ3) is 4.29. The van der Waals surface area contributed by atoms with E-state index in [2.05, 4.69) is 133 Å². The van der Waals surface area contributed by atoms with Crippen LogP contribution in [0.2, 0.25) is 0 Å². The molecule has 0 bridgehead atoms. The summed E-state index contributed by atoms with van der Waals surface area (Å²) < 4.78 is 2.14. The normalized spacial score (nSPS) is 16.0. The predicted octanol–water partition coefficient (Wildman–Crippen LogP) is 10.0. The highest BCUT2D eigenvalue weighted by Crippen LogP contribution is 2.50. The minimum absolute atomic E-state index is 0.0927. The molecule has 0 unspecified atom stereocenters. The van der Waals surface area contributed by atoms with E-state index < -0.39 is 0 Å². The molecule has 3 nitrogen and oxygen atoms in total. The van der Waals surface area contributed by atoms with Crippen molar-refractivity contribution in [2.45, 2.75) is 24.2 Å². The number of pyridine rings is 1. The number of hydrogen-bond acceptors (Lipinski definition) is 4. The molecule has 0 radical (unpaired) electrons. The van der Waals surface area contributed by atoms with Crippen molar-refractivity contribution in [1.29, 1.82) is 0 Å². The highest BCUT2D eigenvalue weighted by Gasteiger charge is 2.36. The van der Waals surface area contributed by atoms with Gasteiger partial charge in [-0.05, 0) is 104 Å². The van der Waals surface area contributed by atoms with E-state index >= 15 is 0 Å². The van der Waals surface area contributed by atoms with Gasteiger partial charge in [0.2, 0.25) is 0 Å². The van der Waals surface area contributed by atoms with Gasteiger partial charge in [0.15, 0.2) is 0 Å². The first-order valence-corrected chi connectivity index (χ1v) is 15.3. The molecule has 3 aliphatic rings. The number of fused-ring (bicyclic) bond motifs is 5. The number of amidine groups is 1. The Balaban J connectivity index is 1.08. The number of aromatic nitrogens is 1. The summed E-state index contributed by atoms with van der Waals surface area (Å²) in [5.74, 6) is 0.890. The third-order valence-electron chi connectivity index (χ3n) is 8.76. The Bertz CT molecular complexity index is 2030. The zero-order valence-corrected chi connectivity index (χ0v) is 24.9. The van der Waals surface area contributed by atoms with Crippen LogP contribution < -0.4 is 0 Å². The van der Waals surface area contributed by atoms with Crippen LogP contribution >= 0.6 is 11.9 Å². The second kappa shape index (κ2) is 9.82. The Morgan fingerprint density at radius 3 is 2.07 bits per heavy atom. The predicted molar refractivity (Wildman–Crippen MR) is 180 cm³/mol. The average Bonchev–Trinajstić information content (AvgIpc) is 3.17. The Kier molecular flexibility index (Phi) is 5.88. The molecule has 1 aromatic heterocycles. The van der Waals surface area contributed by atoms with Crippen molar-refractivity contribution in [2.75, 3.05) is 0 Å². The van der Waals surface area contributed by atoms with Crippen LogP contribution in [0.3, 0.4) is 0 Å². The highest BCUT2D eigenvalue weighted by atomic mass is 32.2. The maximum Gasteiger partial charge on any atom is 0.143 e. The molecule has 0 saturated carbocycles. The highest BCUT2D eigenvalue weighted by molar-refractivity contribution is 7.97. The Labute approximate surface area is 256 Å². The first kappa shape index (κ1) is 25.8. The summed E-state index contributed by atoms with van der Waals surface area (Å²) in [6.07, 6.45) is 10.1. The summed E-state index contributed by atoms with van der Waals surface area (Å²) in [6, 6.07) is 35.1. The van der Waals surface area contributed by atoms with Crippen LogP contribution in [0.15, 0.2) is 144 Å². The Hall–Kier alpha value is -4.93. The second-order valence-electron chi connectivity index (χ2n) is 11.7. The lowest BCUT2D eigenvalue weighted by atomic mass is 9.81. The van der Waals surface area contributed by atoms with E-state index in [0.29, 0.717) is 0 Å². The fourth-order valence-electron chi connectivity index (χ4n) is 6.38. The molecule has 0 N–H and O–H groups in total. The van der Waals surface area contributed by atoms with E-state index in [1.54, 1.807) is 11.9 Å². The zero-order chi connectivity index (χ0) is 29.1. The van der Waals surface area contributed by atoms with Crippen molar-refractivity contribution in [2.24, 2.45) is 4.99 Å². The molecule has 0 amide bonds. The van der Waals surface area contributed by atoms with Crippen molar-refractivity contribution < 1.29 is 0 Å². The Morgan fingerprint density at radius 1 is 0.674 bits per heavy atom. The SMILES string of the molecule is C=C1N=C2C=CC(c3ccc(-c4ccc5c(c4)C(C)(C)c4cc(-c6cccnc6)ccc4-5)cc3)=CN2Sc2ccccc21. The van der Waals surface area contributed by atoms with Gasteiger partial charge in [-0.2, -0.15) is 0 Å². The van der Waals surface area contributed by atoms with Crippen molar-refractivity contribution >= 4 is 29.1 Å². The molecule has 0 saturated heterocycles. The van der Waals surface area contributed by atoms with Crippen LogP contribution in [0, 0.1) is 0 Å². The van der Waals surface area contributed by atoms with Gasteiger partial charge in [-0.1, -0.05) is 93.2 Å². The fraction of sp³-hybridized carbons (Fsp3) is 0.0769. The van der Waals surface area contributed by atoms with Gasteiger partial charge in [0.25, 0.3) is 0 Å². The van der Waals surface area contributed by atoms with E-state index in [0.717, 1.165) is 33.1 Å². The Morgan fingerprint density at radius 2 is 1.35 bits per heavy atom. The molecule has 4 aromatic carbocycles. The molecule has 8 rings (SSSR count). The average molecular weight is 572 g/mol. The number of benzene rings is 4. The van der Waals surface area contributed by atoms with Gasteiger partial charge in [-0.3, -0.25) is 9.29 Å². The summed E-state index contributed by atoms with van der Waals surface area (Å²) >= 11 is 1.68. The van der Waals surface area contributed by atoms with E-state index in [-0.39, 0.29) is 5.41 Å². The second-order valence-corrected chi connectivity index (χ2v) is 12.7. The molecule has 2 aliphatic heterocycles. The standard InChI is InChI=1S/C39H29N3S/c1-25-32-8-4-5-9-37(32)43-42-24-31(16-19-38(42)41-25)27-12-10-26(11-13-27)28-14-17-33-34-18-15-29(30-7-6-20-40-23-30)22-36(34)39(2,3)35(33)21-28/h4-24H,1H2,2-3H3. The van der Waals surface area contributed by atoms with Gasteiger partial charge in [0.1, 0.15) is 5.84 Å². The lowest BCUT2D eigenvalue weighted by molar-refractivity contribution is 0.661. The molecule has 0 spiro atoms. The van der Waals surface area contributed by atoms with Gasteiger partial charge < -0.3 is 0 Å². The summed E-state index contributed by atoms with van der Waals surface area (Å²) in [5.41, 5.74) is 14.3.